The van der Waals surface area contributed by atoms with Gasteiger partial charge in [-0.2, -0.15) is 0 Å². The molecule has 1 aromatic carbocycles. The first-order chi connectivity index (χ1) is 11.2. The van der Waals surface area contributed by atoms with Crippen molar-refractivity contribution < 1.29 is 9.18 Å². The lowest BCUT2D eigenvalue weighted by Gasteiger charge is -2.37. The predicted molar refractivity (Wildman–Crippen MR) is 87.4 cm³/mol. The van der Waals surface area contributed by atoms with Gasteiger partial charge in [-0.3, -0.25) is 0 Å². The maximum absolute atomic E-state index is 12.9. The maximum atomic E-state index is 12.9. The minimum Gasteiger partial charge on any atom is -0.348 e. The normalized spacial score (nSPS) is 17.0. The van der Waals surface area contributed by atoms with Gasteiger partial charge >= 0.3 is 6.03 Å². The first-order valence-corrected chi connectivity index (χ1v) is 8.13. The van der Waals surface area contributed by atoms with Crippen LogP contribution in [0.5, 0.6) is 0 Å². The Bertz CT molecular complexity index is 665. The fourth-order valence-corrected chi connectivity index (χ4v) is 3.17. The average molecular weight is 315 g/mol. The Morgan fingerprint density at radius 1 is 1.26 bits per heavy atom. The van der Waals surface area contributed by atoms with Gasteiger partial charge < -0.3 is 14.8 Å². The van der Waals surface area contributed by atoms with Gasteiger partial charge in [-0.1, -0.05) is 25.5 Å². The van der Waals surface area contributed by atoms with Gasteiger partial charge in [0.25, 0.3) is 0 Å². The van der Waals surface area contributed by atoms with Crippen molar-refractivity contribution in [1.29, 1.82) is 0 Å². The van der Waals surface area contributed by atoms with Crippen molar-refractivity contribution >= 4 is 6.03 Å². The van der Waals surface area contributed by atoms with Gasteiger partial charge in [-0.05, 0) is 36.2 Å². The van der Waals surface area contributed by atoms with Crippen molar-refractivity contribution in [2.45, 2.75) is 38.9 Å². The molecule has 5 heteroatoms. The molecule has 1 aromatic heterocycles. The third-order valence-electron chi connectivity index (χ3n) is 4.34. The highest BCUT2D eigenvalue weighted by Gasteiger charge is 2.29. The molecular weight excluding hydrogens is 293 g/mol. The Morgan fingerprint density at radius 3 is 2.78 bits per heavy atom. The molecule has 1 aliphatic heterocycles. The molecule has 23 heavy (non-hydrogen) atoms. The minimum absolute atomic E-state index is 0.0553. The van der Waals surface area contributed by atoms with Gasteiger partial charge in [-0.15, -0.1) is 0 Å². The maximum Gasteiger partial charge on any atom is 0.318 e. The Morgan fingerprint density at radius 2 is 2.04 bits per heavy atom. The van der Waals surface area contributed by atoms with E-state index in [1.165, 1.54) is 17.8 Å². The highest BCUT2D eigenvalue weighted by Crippen LogP contribution is 2.29. The molecule has 2 heterocycles. The number of hydrogen-bond acceptors (Lipinski definition) is 1. The molecule has 3 rings (SSSR count). The quantitative estimate of drug-likeness (QED) is 0.918. The molecule has 0 fully saturated rings. The van der Waals surface area contributed by atoms with Crippen LogP contribution in [0.1, 0.15) is 37.1 Å². The lowest BCUT2D eigenvalue weighted by atomic mass is 10.0. The number of amides is 2. The van der Waals surface area contributed by atoms with Crippen LogP contribution in [0, 0.1) is 5.82 Å². The van der Waals surface area contributed by atoms with E-state index in [4.69, 9.17) is 0 Å². The molecule has 0 unspecified atom stereocenters. The van der Waals surface area contributed by atoms with E-state index in [1.54, 1.807) is 12.1 Å². The molecular formula is C18H22FN3O. The monoisotopic (exact) mass is 315 g/mol. The summed E-state index contributed by atoms with van der Waals surface area (Å²) in [6.07, 6.45) is 4.05. The smallest absolute Gasteiger partial charge is 0.318 e. The van der Waals surface area contributed by atoms with E-state index in [-0.39, 0.29) is 17.9 Å². The van der Waals surface area contributed by atoms with Gasteiger partial charge in [0.2, 0.25) is 0 Å². The Hall–Kier alpha value is -2.30. The lowest BCUT2D eigenvalue weighted by molar-refractivity contribution is 0.150. The van der Waals surface area contributed by atoms with E-state index in [1.807, 2.05) is 11.0 Å². The molecule has 0 aliphatic carbocycles. The van der Waals surface area contributed by atoms with Crippen molar-refractivity contribution in [3.05, 3.63) is 59.7 Å². The zero-order chi connectivity index (χ0) is 16.2. The zero-order valence-electron chi connectivity index (χ0n) is 13.3. The second-order valence-electron chi connectivity index (χ2n) is 5.91. The summed E-state index contributed by atoms with van der Waals surface area (Å²) in [7, 11) is 0. The predicted octanol–water partition coefficient (Wildman–Crippen LogP) is 3.69. The van der Waals surface area contributed by atoms with Crippen molar-refractivity contribution in [2.24, 2.45) is 0 Å². The second kappa shape index (κ2) is 6.86. The number of fused-ring (bicyclic) bond motifs is 1. The first-order valence-electron chi connectivity index (χ1n) is 8.13. The molecule has 122 valence electrons. The van der Waals surface area contributed by atoms with Crippen LogP contribution in [0.25, 0.3) is 0 Å². The molecule has 2 amide bonds. The Labute approximate surface area is 135 Å². The largest absolute Gasteiger partial charge is 0.348 e. The molecule has 1 aliphatic rings. The SMILES string of the molecule is CCC[C@@H]1c2cccn2CCN1C(=O)NCc1ccc(F)cc1. The molecule has 2 aromatic rings. The summed E-state index contributed by atoms with van der Waals surface area (Å²) >= 11 is 0. The summed E-state index contributed by atoms with van der Waals surface area (Å²) in [6.45, 7) is 4.08. The highest BCUT2D eigenvalue weighted by atomic mass is 19.1. The van der Waals surface area contributed by atoms with Crippen LogP contribution in [0.4, 0.5) is 9.18 Å². The standard InChI is InChI=1S/C18H22FN3O/c1-2-4-17-16-5-3-10-21(16)11-12-22(17)18(23)20-13-14-6-8-15(19)9-7-14/h3,5-10,17H,2,4,11-13H2,1H3,(H,20,23)/t17-/m1/s1. The van der Waals surface area contributed by atoms with Crippen molar-refractivity contribution in [3.8, 4) is 0 Å². The zero-order valence-corrected chi connectivity index (χ0v) is 13.3. The number of halogens is 1. The molecule has 0 bridgehead atoms. The number of nitrogens with one attached hydrogen (secondary N) is 1. The van der Waals surface area contributed by atoms with Crippen molar-refractivity contribution in [2.75, 3.05) is 6.54 Å². The molecule has 0 spiro atoms. The fourth-order valence-electron chi connectivity index (χ4n) is 3.17. The van der Waals surface area contributed by atoms with E-state index in [0.717, 1.165) is 24.9 Å². The number of carbonyl (C=O) groups is 1. The second-order valence-corrected chi connectivity index (χ2v) is 5.91. The van der Waals surface area contributed by atoms with E-state index < -0.39 is 0 Å². The van der Waals surface area contributed by atoms with Gasteiger partial charge in [0.05, 0.1) is 6.04 Å². The van der Waals surface area contributed by atoms with Gasteiger partial charge in [0.1, 0.15) is 5.82 Å². The third-order valence-corrected chi connectivity index (χ3v) is 4.34. The minimum atomic E-state index is -0.264. The molecule has 1 atom stereocenters. The van der Waals surface area contributed by atoms with Crippen LogP contribution in [0.2, 0.25) is 0 Å². The number of rotatable bonds is 4. The summed E-state index contributed by atoms with van der Waals surface area (Å²) < 4.78 is 15.2. The molecule has 0 saturated heterocycles. The van der Waals surface area contributed by atoms with Crippen LogP contribution < -0.4 is 5.32 Å². The topological polar surface area (TPSA) is 37.3 Å². The third kappa shape index (κ3) is 3.38. The van der Waals surface area contributed by atoms with Crippen molar-refractivity contribution in [1.82, 2.24) is 14.8 Å². The van der Waals surface area contributed by atoms with Crippen LogP contribution in [0.3, 0.4) is 0 Å². The van der Waals surface area contributed by atoms with Crippen LogP contribution >= 0.6 is 0 Å². The number of aromatic nitrogens is 1. The van der Waals surface area contributed by atoms with Crippen LogP contribution in [0.15, 0.2) is 42.6 Å². The van der Waals surface area contributed by atoms with Gasteiger partial charge in [0, 0.05) is 31.5 Å². The van der Waals surface area contributed by atoms with E-state index >= 15 is 0 Å². The van der Waals surface area contributed by atoms with E-state index in [2.05, 4.69) is 29.1 Å². The van der Waals surface area contributed by atoms with Crippen LogP contribution in [-0.2, 0) is 13.1 Å². The Kier molecular flexibility index (Phi) is 4.65. The summed E-state index contributed by atoms with van der Waals surface area (Å²) in [6, 6.07) is 10.4. The van der Waals surface area contributed by atoms with Gasteiger partial charge in [0.15, 0.2) is 0 Å². The number of nitrogens with zero attached hydrogens (tertiary/aromatic N) is 2. The fraction of sp³-hybridized carbons (Fsp3) is 0.389. The molecule has 1 N–H and O–H groups in total. The van der Waals surface area contributed by atoms with Crippen molar-refractivity contribution in [3.63, 3.8) is 0 Å². The Balaban J connectivity index is 1.67. The number of carbonyl (C=O) groups excluding carboxylic acids is 1. The molecule has 4 nitrogen and oxygen atoms in total. The highest BCUT2D eigenvalue weighted by molar-refractivity contribution is 5.74. The summed E-state index contributed by atoms with van der Waals surface area (Å²) in [5.74, 6) is -0.264. The first kappa shape index (κ1) is 15.6. The molecule has 0 radical (unpaired) electrons. The average Bonchev–Trinajstić information content (AvgIpc) is 3.03. The number of hydrogen-bond donors (Lipinski definition) is 1. The summed E-state index contributed by atoms with van der Waals surface area (Å²) in [5.41, 5.74) is 2.10. The van der Waals surface area contributed by atoms with Crippen LogP contribution in [-0.4, -0.2) is 22.0 Å². The number of urea groups is 1. The summed E-state index contributed by atoms with van der Waals surface area (Å²) in [5, 5.41) is 2.95. The van der Waals surface area contributed by atoms with Gasteiger partial charge in [-0.25, -0.2) is 9.18 Å². The summed E-state index contributed by atoms with van der Waals surface area (Å²) in [4.78, 5) is 14.5. The van der Waals surface area contributed by atoms with E-state index in [0.29, 0.717) is 13.1 Å². The molecule has 0 saturated carbocycles. The van der Waals surface area contributed by atoms with E-state index in [9.17, 15) is 9.18 Å². The number of benzene rings is 1. The lowest BCUT2D eigenvalue weighted by Crippen LogP contribution is -2.46.